The van der Waals surface area contributed by atoms with Gasteiger partial charge in [-0.3, -0.25) is 9.05 Å². The lowest BCUT2D eigenvalue weighted by Crippen LogP contribution is -2.34. The second-order valence-corrected chi connectivity index (χ2v) is 6.85. The summed E-state index contributed by atoms with van der Waals surface area (Å²) >= 11 is 0. The third-order valence-corrected chi connectivity index (χ3v) is 4.11. The fourth-order valence-corrected chi connectivity index (χ4v) is 3.12. The first-order valence-corrected chi connectivity index (χ1v) is 8.36. The van der Waals surface area contributed by atoms with Gasteiger partial charge in [0.1, 0.15) is 12.2 Å². The fourth-order valence-electron chi connectivity index (χ4n) is 2.13. The molecule has 8 heteroatoms. The van der Waals surface area contributed by atoms with Gasteiger partial charge in [0.15, 0.2) is 0 Å². The zero-order valence-electron chi connectivity index (χ0n) is 12.1. The Labute approximate surface area is 119 Å². The smallest absolute Gasteiger partial charge is 0.396 e. The van der Waals surface area contributed by atoms with Crippen molar-refractivity contribution in [3.05, 3.63) is 0 Å². The Kier molecular flexibility index (Phi) is 7.08. The van der Waals surface area contributed by atoms with E-state index in [9.17, 15) is 14.6 Å². The molecule has 1 unspecified atom stereocenters. The van der Waals surface area contributed by atoms with Gasteiger partial charge in [0.05, 0.1) is 18.8 Å². The van der Waals surface area contributed by atoms with E-state index < -0.39 is 32.2 Å². The van der Waals surface area contributed by atoms with Gasteiger partial charge in [0.25, 0.3) is 0 Å². The van der Waals surface area contributed by atoms with Gasteiger partial charge in [-0.15, -0.1) is 0 Å². The van der Waals surface area contributed by atoms with Gasteiger partial charge in [0, 0.05) is 6.61 Å². The number of rotatable bonds is 8. The SMILES string of the molecule is CC(C)C[C@H]1O[C@@H](C)[C@H](O)[C@@H]1OP(=O)(O)OCCCO. The van der Waals surface area contributed by atoms with Gasteiger partial charge in [0.2, 0.25) is 0 Å². The molecule has 7 nitrogen and oxygen atoms in total. The lowest BCUT2D eigenvalue weighted by Gasteiger charge is -2.24. The maximum absolute atomic E-state index is 11.8. The second kappa shape index (κ2) is 7.84. The van der Waals surface area contributed by atoms with E-state index >= 15 is 0 Å². The number of phosphoric acid groups is 1. The molecule has 0 aromatic rings. The second-order valence-electron chi connectivity index (χ2n) is 5.45. The molecule has 1 aliphatic heterocycles. The zero-order chi connectivity index (χ0) is 15.3. The molecule has 0 saturated carbocycles. The molecule has 120 valence electrons. The molecule has 3 N–H and O–H groups in total. The summed E-state index contributed by atoms with van der Waals surface area (Å²) in [7, 11) is -4.27. The third kappa shape index (κ3) is 5.41. The highest BCUT2D eigenvalue weighted by molar-refractivity contribution is 7.47. The van der Waals surface area contributed by atoms with Gasteiger partial charge in [-0.25, -0.2) is 4.57 Å². The topological polar surface area (TPSA) is 105 Å². The van der Waals surface area contributed by atoms with Crippen LogP contribution in [0.25, 0.3) is 0 Å². The van der Waals surface area contributed by atoms with Crippen LogP contribution in [0.15, 0.2) is 0 Å². The van der Waals surface area contributed by atoms with E-state index in [0.29, 0.717) is 12.3 Å². The van der Waals surface area contributed by atoms with E-state index in [1.807, 2.05) is 13.8 Å². The van der Waals surface area contributed by atoms with Crippen molar-refractivity contribution in [1.29, 1.82) is 0 Å². The fraction of sp³-hybridized carbons (Fsp3) is 1.00. The molecule has 0 spiro atoms. The first-order valence-electron chi connectivity index (χ1n) is 6.87. The van der Waals surface area contributed by atoms with E-state index in [4.69, 9.17) is 18.9 Å². The van der Waals surface area contributed by atoms with Crippen LogP contribution in [-0.4, -0.2) is 52.7 Å². The lowest BCUT2D eigenvalue weighted by atomic mass is 10.00. The van der Waals surface area contributed by atoms with Crippen LogP contribution in [0.1, 0.15) is 33.6 Å². The first kappa shape index (κ1) is 18.0. The number of hydrogen-bond donors (Lipinski definition) is 3. The molecule has 0 radical (unpaired) electrons. The van der Waals surface area contributed by atoms with Crippen LogP contribution in [0.4, 0.5) is 0 Å². The Balaban J connectivity index is 2.63. The van der Waals surface area contributed by atoms with Crippen LogP contribution >= 0.6 is 7.82 Å². The number of hydrogen-bond acceptors (Lipinski definition) is 6. The minimum atomic E-state index is -4.27. The Morgan fingerprint density at radius 1 is 1.40 bits per heavy atom. The summed E-state index contributed by atoms with van der Waals surface area (Å²) in [6.07, 6.45) is -1.91. The highest BCUT2D eigenvalue weighted by atomic mass is 31.2. The summed E-state index contributed by atoms with van der Waals surface area (Å²) < 4.78 is 27.2. The standard InChI is InChI=1S/C12H25O7P/c1-8(2)7-10-12(11(14)9(3)18-10)19-20(15,16)17-6-4-5-13/h8-14H,4-7H2,1-3H3,(H,15,16)/t9-,10+,11-,12+/m0/s1. The molecule has 5 atom stereocenters. The normalized spacial score (nSPS) is 33.5. The number of aliphatic hydroxyl groups excluding tert-OH is 2. The molecule has 0 aliphatic carbocycles. The van der Waals surface area contributed by atoms with Gasteiger partial charge in [-0.2, -0.15) is 0 Å². The van der Waals surface area contributed by atoms with Gasteiger partial charge >= 0.3 is 7.82 Å². The van der Waals surface area contributed by atoms with Crippen molar-refractivity contribution in [3.8, 4) is 0 Å². The molecule has 20 heavy (non-hydrogen) atoms. The summed E-state index contributed by atoms with van der Waals surface area (Å²) in [4.78, 5) is 9.62. The summed E-state index contributed by atoms with van der Waals surface area (Å²) in [6.45, 7) is 5.45. The van der Waals surface area contributed by atoms with Crippen LogP contribution in [0.3, 0.4) is 0 Å². The lowest BCUT2D eigenvalue weighted by molar-refractivity contribution is -0.000825. The van der Waals surface area contributed by atoms with Crippen LogP contribution in [0.5, 0.6) is 0 Å². The van der Waals surface area contributed by atoms with Crippen molar-refractivity contribution in [2.75, 3.05) is 13.2 Å². The minimum Gasteiger partial charge on any atom is -0.396 e. The van der Waals surface area contributed by atoms with Crippen LogP contribution in [0, 0.1) is 5.92 Å². The first-order chi connectivity index (χ1) is 9.26. The van der Waals surface area contributed by atoms with Gasteiger partial charge in [-0.05, 0) is 25.7 Å². The molecule has 1 saturated heterocycles. The molecule has 0 aromatic heterocycles. The van der Waals surface area contributed by atoms with E-state index in [-0.39, 0.29) is 19.6 Å². The minimum absolute atomic E-state index is 0.0850. The van der Waals surface area contributed by atoms with E-state index in [0.717, 1.165) is 0 Å². The average Bonchev–Trinajstić information content (AvgIpc) is 2.56. The Hall–Kier alpha value is -0.0100. The zero-order valence-corrected chi connectivity index (χ0v) is 13.0. The molecule has 1 aliphatic rings. The van der Waals surface area contributed by atoms with Crippen molar-refractivity contribution in [1.82, 2.24) is 0 Å². The van der Waals surface area contributed by atoms with Crippen molar-refractivity contribution in [2.45, 2.75) is 58.0 Å². The maximum Gasteiger partial charge on any atom is 0.472 e. The Morgan fingerprint density at radius 2 is 2.05 bits per heavy atom. The van der Waals surface area contributed by atoms with Crippen molar-refractivity contribution < 1.29 is 33.5 Å². The Morgan fingerprint density at radius 3 is 2.60 bits per heavy atom. The summed E-state index contributed by atoms with van der Waals surface area (Å²) in [5.74, 6) is 0.303. The Bertz CT molecular complexity index is 334. The van der Waals surface area contributed by atoms with Crippen molar-refractivity contribution in [3.63, 3.8) is 0 Å². The highest BCUT2D eigenvalue weighted by Crippen LogP contribution is 2.47. The summed E-state index contributed by atoms with van der Waals surface area (Å²) in [5, 5.41) is 18.6. The molecule has 1 rings (SSSR count). The molecule has 1 fully saturated rings. The monoisotopic (exact) mass is 312 g/mol. The van der Waals surface area contributed by atoms with E-state index in [1.54, 1.807) is 6.92 Å². The average molecular weight is 312 g/mol. The molecular weight excluding hydrogens is 287 g/mol. The quantitative estimate of drug-likeness (QED) is 0.454. The van der Waals surface area contributed by atoms with Crippen LogP contribution < -0.4 is 0 Å². The summed E-state index contributed by atoms with van der Waals surface area (Å²) in [6, 6.07) is 0. The number of ether oxygens (including phenoxy) is 1. The number of phosphoric ester groups is 1. The van der Waals surface area contributed by atoms with E-state index in [2.05, 4.69) is 0 Å². The number of aliphatic hydroxyl groups is 2. The third-order valence-electron chi connectivity index (χ3n) is 3.09. The van der Waals surface area contributed by atoms with Crippen molar-refractivity contribution in [2.24, 2.45) is 5.92 Å². The van der Waals surface area contributed by atoms with Crippen LogP contribution in [0.2, 0.25) is 0 Å². The van der Waals surface area contributed by atoms with Crippen LogP contribution in [-0.2, 0) is 18.3 Å². The predicted molar refractivity (Wildman–Crippen MR) is 72.1 cm³/mol. The maximum atomic E-state index is 11.8. The van der Waals surface area contributed by atoms with Gasteiger partial charge in [-0.1, -0.05) is 13.8 Å². The predicted octanol–water partition coefficient (Wildman–Crippen LogP) is 1.07. The highest BCUT2D eigenvalue weighted by Gasteiger charge is 2.46. The van der Waals surface area contributed by atoms with Crippen molar-refractivity contribution >= 4 is 7.82 Å². The van der Waals surface area contributed by atoms with E-state index in [1.165, 1.54) is 0 Å². The van der Waals surface area contributed by atoms with Gasteiger partial charge < -0.3 is 19.8 Å². The summed E-state index contributed by atoms with van der Waals surface area (Å²) in [5.41, 5.74) is 0. The molecule has 0 amide bonds. The molecule has 0 aromatic carbocycles. The molecule has 0 bridgehead atoms. The molecule has 1 heterocycles. The molecular formula is C12H25O7P. The largest absolute Gasteiger partial charge is 0.472 e.